The second-order valence-corrected chi connectivity index (χ2v) is 5.44. The molecule has 1 aromatic rings. The van der Waals surface area contributed by atoms with E-state index in [0.717, 1.165) is 0 Å². The van der Waals surface area contributed by atoms with E-state index in [4.69, 9.17) is 11.6 Å². The summed E-state index contributed by atoms with van der Waals surface area (Å²) in [5.74, 6) is -0.512. The molecular weight excluding hydrogens is 300 g/mol. The molecule has 6 nitrogen and oxygen atoms in total. The molecule has 1 heterocycles. The van der Waals surface area contributed by atoms with E-state index in [0.29, 0.717) is 18.2 Å². The predicted molar refractivity (Wildman–Crippen MR) is 79.0 cm³/mol. The van der Waals surface area contributed by atoms with Crippen molar-refractivity contribution in [2.75, 3.05) is 19.3 Å². The Kier molecular flexibility index (Phi) is 6.74. The zero-order valence-corrected chi connectivity index (χ0v) is 13.1. The number of thioether (sulfide) groups is 1. The maximum Gasteiger partial charge on any atom is 0.271 e. The van der Waals surface area contributed by atoms with Crippen molar-refractivity contribution in [2.24, 2.45) is 5.92 Å². The molecule has 8 heteroatoms. The molecule has 110 valence electrons. The van der Waals surface area contributed by atoms with Crippen LogP contribution in [0.1, 0.15) is 24.3 Å². The van der Waals surface area contributed by atoms with Crippen LogP contribution in [-0.4, -0.2) is 41.1 Å². The van der Waals surface area contributed by atoms with E-state index in [9.17, 15) is 9.59 Å². The van der Waals surface area contributed by atoms with Crippen LogP contribution in [0, 0.1) is 5.92 Å². The molecule has 0 atom stereocenters. The number of halogens is 1. The molecule has 0 spiro atoms. The number of rotatable bonds is 6. The van der Waals surface area contributed by atoms with Gasteiger partial charge in [0.25, 0.3) is 5.91 Å². The van der Waals surface area contributed by atoms with E-state index in [1.165, 1.54) is 18.0 Å². The number of amides is 2. The van der Waals surface area contributed by atoms with Crippen LogP contribution in [-0.2, 0) is 4.79 Å². The number of aromatic nitrogens is 2. The average molecular weight is 317 g/mol. The zero-order valence-electron chi connectivity index (χ0n) is 11.6. The van der Waals surface area contributed by atoms with Gasteiger partial charge in [-0.3, -0.25) is 9.59 Å². The number of hydrogen-bond acceptors (Lipinski definition) is 5. The molecule has 20 heavy (non-hydrogen) atoms. The number of nitrogens with one attached hydrogen (secondary N) is 2. The fourth-order valence-corrected chi connectivity index (χ4v) is 1.78. The number of hydrogen-bond donors (Lipinski definition) is 2. The second kappa shape index (κ2) is 8.06. The largest absolute Gasteiger partial charge is 0.354 e. The van der Waals surface area contributed by atoms with Gasteiger partial charge in [0.1, 0.15) is 0 Å². The van der Waals surface area contributed by atoms with E-state index in [-0.39, 0.29) is 28.4 Å². The molecule has 0 aliphatic heterocycles. The molecule has 0 saturated carbocycles. The summed E-state index contributed by atoms with van der Waals surface area (Å²) < 4.78 is 0. The highest BCUT2D eigenvalue weighted by molar-refractivity contribution is 7.98. The SMILES string of the molecule is CSc1ncc(Cl)c(C(=O)NCCNC(=O)C(C)C)n1. The molecule has 0 bridgehead atoms. The Morgan fingerprint density at radius 2 is 2.00 bits per heavy atom. The quantitative estimate of drug-likeness (QED) is 0.470. The summed E-state index contributed by atoms with van der Waals surface area (Å²) in [6, 6.07) is 0. The lowest BCUT2D eigenvalue weighted by atomic mass is 10.2. The van der Waals surface area contributed by atoms with Crippen molar-refractivity contribution in [1.29, 1.82) is 0 Å². The summed E-state index contributed by atoms with van der Waals surface area (Å²) in [6.45, 7) is 4.28. The predicted octanol–water partition coefficient (Wildman–Crippen LogP) is 1.35. The summed E-state index contributed by atoms with van der Waals surface area (Å²) in [5.41, 5.74) is 0.140. The van der Waals surface area contributed by atoms with Gasteiger partial charge in [0.05, 0.1) is 11.2 Å². The average Bonchev–Trinajstić information content (AvgIpc) is 2.43. The third-order valence-corrected chi connectivity index (χ3v) is 3.19. The van der Waals surface area contributed by atoms with Crippen LogP contribution in [0.3, 0.4) is 0 Å². The topological polar surface area (TPSA) is 84.0 Å². The highest BCUT2D eigenvalue weighted by Gasteiger charge is 2.13. The fraction of sp³-hybridized carbons (Fsp3) is 0.500. The number of carbonyl (C=O) groups excluding carboxylic acids is 2. The first-order chi connectivity index (χ1) is 9.45. The van der Waals surface area contributed by atoms with Crippen molar-refractivity contribution in [1.82, 2.24) is 20.6 Å². The molecule has 1 rings (SSSR count). The minimum atomic E-state index is -0.383. The summed E-state index contributed by atoms with van der Waals surface area (Å²) >= 11 is 7.21. The molecule has 0 aromatic carbocycles. The summed E-state index contributed by atoms with van der Waals surface area (Å²) in [4.78, 5) is 31.2. The molecule has 0 fully saturated rings. The normalized spacial score (nSPS) is 10.4. The third kappa shape index (κ3) is 4.97. The van der Waals surface area contributed by atoms with Gasteiger partial charge in [-0.25, -0.2) is 9.97 Å². The summed E-state index contributed by atoms with van der Waals surface area (Å²) in [7, 11) is 0. The smallest absolute Gasteiger partial charge is 0.271 e. The van der Waals surface area contributed by atoms with Crippen LogP contribution < -0.4 is 10.6 Å². The van der Waals surface area contributed by atoms with Crippen LogP contribution in [0.25, 0.3) is 0 Å². The van der Waals surface area contributed by atoms with Gasteiger partial charge >= 0.3 is 0 Å². The van der Waals surface area contributed by atoms with Crippen molar-refractivity contribution in [3.8, 4) is 0 Å². The van der Waals surface area contributed by atoms with E-state index >= 15 is 0 Å². The van der Waals surface area contributed by atoms with E-state index < -0.39 is 0 Å². The Morgan fingerprint density at radius 3 is 2.60 bits per heavy atom. The van der Waals surface area contributed by atoms with Gasteiger partial charge in [0.15, 0.2) is 10.9 Å². The molecule has 2 N–H and O–H groups in total. The van der Waals surface area contributed by atoms with Crippen molar-refractivity contribution < 1.29 is 9.59 Å². The minimum absolute atomic E-state index is 0.0519. The Labute approximate surface area is 127 Å². The molecule has 0 saturated heterocycles. The maximum atomic E-state index is 11.9. The maximum absolute atomic E-state index is 11.9. The van der Waals surface area contributed by atoms with E-state index in [1.807, 2.05) is 6.26 Å². The molecule has 0 aliphatic rings. The van der Waals surface area contributed by atoms with Crippen LogP contribution in [0.2, 0.25) is 5.02 Å². The minimum Gasteiger partial charge on any atom is -0.354 e. The second-order valence-electron chi connectivity index (χ2n) is 4.25. The van der Waals surface area contributed by atoms with Gasteiger partial charge in [0, 0.05) is 19.0 Å². The van der Waals surface area contributed by atoms with Crippen LogP contribution >= 0.6 is 23.4 Å². The van der Waals surface area contributed by atoms with E-state index in [1.54, 1.807) is 13.8 Å². The van der Waals surface area contributed by atoms with Gasteiger partial charge in [-0.05, 0) is 6.26 Å². The van der Waals surface area contributed by atoms with Gasteiger partial charge in [-0.15, -0.1) is 0 Å². The Hall–Kier alpha value is -1.34. The monoisotopic (exact) mass is 316 g/mol. The first kappa shape index (κ1) is 16.7. The number of nitrogens with zero attached hydrogens (tertiary/aromatic N) is 2. The van der Waals surface area contributed by atoms with Crippen molar-refractivity contribution in [3.05, 3.63) is 16.9 Å². The van der Waals surface area contributed by atoms with E-state index in [2.05, 4.69) is 20.6 Å². The van der Waals surface area contributed by atoms with Crippen LogP contribution in [0.5, 0.6) is 0 Å². The molecular formula is C12H17ClN4O2S. The summed E-state index contributed by atoms with van der Waals surface area (Å²) in [5, 5.41) is 6.03. The van der Waals surface area contributed by atoms with Crippen molar-refractivity contribution >= 4 is 35.2 Å². The Balaban J connectivity index is 2.49. The molecule has 2 amide bonds. The standard InChI is InChI=1S/C12H17ClN4O2S/c1-7(2)10(18)14-4-5-15-11(19)9-8(13)6-16-12(17-9)20-3/h6-7H,4-5H2,1-3H3,(H,14,18)(H,15,19). The lowest BCUT2D eigenvalue weighted by molar-refractivity contribution is -0.123. The van der Waals surface area contributed by atoms with Crippen molar-refractivity contribution in [3.63, 3.8) is 0 Å². The first-order valence-electron chi connectivity index (χ1n) is 6.08. The highest BCUT2D eigenvalue weighted by Crippen LogP contribution is 2.16. The molecule has 1 aromatic heterocycles. The number of carbonyl (C=O) groups is 2. The molecule has 0 radical (unpaired) electrons. The van der Waals surface area contributed by atoms with Crippen LogP contribution in [0.4, 0.5) is 0 Å². The van der Waals surface area contributed by atoms with Gasteiger partial charge in [-0.1, -0.05) is 37.2 Å². The Morgan fingerprint density at radius 1 is 1.35 bits per heavy atom. The lowest BCUT2D eigenvalue weighted by Crippen LogP contribution is -2.36. The zero-order chi connectivity index (χ0) is 15.1. The molecule has 0 unspecified atom stereocenters. The van der Waals surface area contributed by atoms with Crippen LogP contribution in [0.15, 0.2) is 11.4 Å². The van der Waals surface area contributed by atoms with Gasteiger partial charge < -0.3 is 10.6 Å². The lowest BCUT2D eigenvalue weighted by Gasteiger charge is -2.09. The van der Waals surface area contributed by atoms with Crippen molar-refractivity contribution in [2.45, 2.75) is 19.0 Å². The summed E-state index contributed by atoms with van der Waals surface area (Å²) in [6.07, 6.45) is 3.21. The molecule has 0 aliphatic carbocycles. The fourth-order valence-electron chi connectivity index (χ4n) is 1.26. The van der Waals surface area contributed by atoms with Gasteiger partial charge in [0.2, 0.25) is 5.91 Å². The highest BCUT2D eigenvalue weighted by atomic mass is 35.5. The first-order valence-corrected chi connectivity index (χ1v) is 7.68. The van der Waals surface area contributed by atoms with Gasteiger partial charge in [-0.2, -0.15) is 0 Å². The Bertz CT molecular complexity index is 496. The third-order valence-electron chi connectivity index (χ3n) is 2.35.